The monoisotopic (exact) mass is 582 g/mol. The summed E-state index contributed by atoms with van der Waals surface area (Å²) < 4.78 is 66.0. The van der Waals surface area contributed by atoms with Crippen molar-refractivity contribution in [1.82, 2.24) is 14.6 Å². The Labute approximate surface area is 227 Å². The number of nitrogens with one attached hydrogen (secondary N) is 1. The minimum atomic E-state index is -4.51. The van der Waals surface area contributed by atoms with Crippen molar-refractivity contribution >= 4 is 30.3 Å². The summed E-state index contributed by atoms with van der Waals surface area (Å²) in [4.78, 5) is 28.0. The zero-order valence-electron chi connectivity index (χ0n) is 21.8. The van der Waals surface area contributed by atoms with Gasteiger partial charge in [-0.05, 0) is 38.3 Å². The molecule has 0 bridgehead atoms. The van der Waals surface area contributed by atoms with Gasteiger partial charge in [0.2, 0.25) is 6.23 Å². The number of aliphatic hydroxyl groups is 1. The predicted molar refractivity (Wildman–Crippen MR) is 140 cm³/mol. The molecule has 1 aliphatic rings. The highest BCUT2D eigenvalue weighted by Crippen LogP contribution is 2.49. The molecule has 216 valence electrons. The number of hydrogen-bond donors (Lipinski definition) is 3. The number of esters is 1. The number of hydrogen-bond acceptors (Lipinski definition) is 10. The smallest absolute Gasteiger partial charge is 0.459 e. The number of carbonyl (C=O) groups excluding carboxylic acids is 1. The summed E-state index contributed by atoms with van der Waals surface area (Å²) in [6.45, 7) is 3.75. The van der Waals surface area contributed by atoms with E-state index in [1.165, 1.54) is 13.0 Å². The van der Waals surface area contributed by atoms with E-state index in [0.29, 0.717) is 9.95 Å². The Bertz CT molecular complexity index is 1480. The first kappa shape index (κ1) is 29.6. The van der Waals surface area contributed by atoms with E-state index < -0.39 is 62.5 Å². The molecule has 2 aromatic carbocycles. The van der Waals surface area contributed by atoms with E-state index in [2.05, 4.69) is 10.1 Å². The molecule has 1 fully saturated rings. The first-order valence-electron chi connectivity index (χ1n) is 12.3. The second-order valence-electron chi connectivity index (χ2n) is 9.39. The lowest BCUT2D eigenvalue weighted by molar-refractivity contribution is -0.149. The molecule has 0 amide bonds. The standard InChI is InChI=1S/C25H29F2N4O8P/c1-14(2)37-22(33)15(3)30-40(35,39-18-10-6-8-16-7-4-5-9-17(16)18)36-13-19-21(32)25(26,27)23(38-19)31-12-11-20(28)29-24(31)34/h4-12,14-15,19,21,23,32H,13H2,1-3H3,(H,30,35)(H2,28,29,34). The zero-order valence-corrected chi connectivity index (χ0v) is 22.7. The summed E-state index contributed by atoms with van der Waals surface area (Å²) in [5.41, 5.74) is 4.30. The third kappa shape index (κ3) is 6.31. The quantitative estimate of drug-likeness (QED) is 0.238. The molecule has 5 unspecified atom stereocenters. The van der Waals surface area contributed by atoms with Gasteiger partial charge in [0.1, 0.15) is 23.7 Å². The average molecular weight is 582 g/mol. The van der Waals surface area contributed by atoms with Gasteiger partial charge in [0, 0.05) is 11.6 Å². The molecule has 0 radical (unpaired) electrons. The summed E-state index contributed by atoms with van der Waals surface area (Å²) >= 11 is 0. The molecule has 4 rings (SSSR count). The largest absolute Gasteiger partial charge is 0.462 e. The van der Waals surface area contributed by atoms with Crippen LogP contribution in [0.4, 0.5) is 14.6 Å². The van der Waals surface area contributed by atoms with E-state index in [1.807, 2.05) is 0 Å². The van der Waals surface area contributed by atoms with Crippen LogP contribution < -0.4 is 21.0 Å². The van der Waals surface area contributed by atoms with Gasteiger partial charge in [-0.2, -0.15) is 18.9 Å². The number of nitrogens with zero attached hydrogens (tertiary/aromatic N) is 2. The number of anilines is 1. The predicted octanol–water partition coefficient (Wildman–Crippen LogP) is 3.01. The van der Waals surface area contributed by atoms with E-state index in [4.69, 9.17) is 24.3 Å². The number of carbonyl (C=O) groups is 1. The van der Waals surface area contributed by atoms with Gasteiger partial charge in [-0.25, -0.2) is 9.36 Å². The first-order chi connectivity index (χ1) is 18.8. The van der Waals surface area contributed by atoms with Gasteiger partial charge in [0.05, 0.1) is 12.7 Å². The maximum atomic E-state index is 15.0. The van der Waals surface area contributed by atoms with Crippen LogP contribution in [0.2, 0.25) is 0 Å². The van der Waals surface area contributed by atoms with Crippen LogP contribution in [-0.2, 0) is 23.4 Å². The normalized spacial score (nSPS) is 22.6. The van der Waals surface area contributed by atoms with Gasteiger partial charge < -0.3 is 24.8 Å². The summed E-state index contributed by atoms with van der Waals surface area (Å²) in [7, 11) is -4.51. The maximum Gasteiger partial charge on any atom is 0.459 e. The van der Waals surface area contributed by atoms with Gasteiger partial charge in [0.25, 0.3) is 0 Å². The van der Waals surface area contributed by atoms with E-state index in [0.717, 1.165) is 17.6 Å². The number of halogens is 2. The number of nitrogen functional groups attached to an aromatic ring is 1. The number of rotatable bonds is 10. The molecule has 3 aromatic rings. The van der Waals surface area contributed by atoms with Gasteiger partial charge >= 0.3 is 25.3 Å². The highest BCUT2D eigenvalue weighted by molar-refractivity contribution is 7.52. The lowest BCUT2D eigenvalue weighted by Gasteiger charge is -2.25. The highest BCUT2D eigenvalue weighted by atomic mass is 31.2. The fourth-order valence-corrected chi connectivity index (χ4v) is 5.52. The molecule has 12 nitrogen and oxygen atoms in total. The van der Waals surface area contributed by atoms with Crippen molar-refractivity contribution in [1.29, 1.82) is 0 Å². The molecule has 1 aromatic heterocycles. The SMILES string of the molecule is CC(C)OC(=O)C(C)NP(=O)(OCC1OC(n2ccc(N)nc2=O)C(F)(F)C1O)Oc1cccc2ccccc12. The number of benzene rings is 2. The topological polar surface area (TPSA) is 164 Å². The second kappa shape index (κ2) is 11.6. The van der Waals surface area contributed by atoms with E-state index in [-0.39, 0.29) is 11.6 Å². The molecule has 4 N–H and O–H groups in total. The van der Waals surface area contributed by atoms with Crippen LogP contribution in [0.25, 0.3) is 10.8 Å². The second-order valence-corrected chi connectivity index (χ2v) is 11.1. The van der Waals surface area contributed by atoms with Crippen LogP contribution in [0.3, 0.4) is 0 Å². The van der Waals surface area contributed by atoms with Crippen LogP contribution >= 0.6 is 7.75 Å². The number of alkyl halides is 2. The summed E-state index contributed by atoms with van der Waals surface area (Å²) in [6.07, 6.45) is -5.98. The molecule has 1 aliphatic heterocycles. The van der Waals surface area contributed by atoms with E-state index >= 15 is 0 Å². The van der Waals surface area contributed by atoms with Crippen molar-refractivity contribution in [2.45, 2.75) is 57.3 Å². The Hall–Kier alpha value is -3.42. The van der Waals surface area contributed by atoms with Gasteiger partial charge in [-0.15, -0.1) is 0 Å². The molecular formula is C25H29F2N4O8P. The fourth-order valence-electron chi connectivity index (χ4n) is 4.00. The first-order valence-corrected chi connectivity index (χ1v) is 13.8. The van der Waals surface area contributed by atoms with Crippen molar-refractivity contribution in [2.24, 2.45) is 0 Å². The van der Waals surface area contributed by atoms with Gasteiger partial charge in [-0.1, -0.05) is 36.4 Å². The lowest BCUT2D eigenvalue weighted by Crippen LogP contribution is -2.42. The molecule has 5 atom stereocenters. The fraction of sp³-hybridized carbons (Fsp3) is 0.400. The lowest BCUT2D eigenvalue weighted by atomic mass is 10.1. The third-order valence-corrected chi connectivity index (χ3v) is 7.55. The highest BCUT2D eigenvalue weighted by Gasteiger charge is 2.60. The Morgan fingerprint density at radius 3 is 2.62 bits per heavy atom. The van der Waals surface area contributed by atoms with Crippen LogP contribution in [0.5, 0.6) is 5.75 Å². The number of ether oxygens (including phenoxy) is 2. The van der Waals surface area contributed by atoms with E-state index in [1.54, 1.807) is 50.2 Å². The van der Waals surface area contributed by atoms with Crippen LogP contribution in [-0.4, -0.2) is 57.5 Å². The maximum absolute atomic E-state index is 15.0. The molecule has 15 heteroatoms. The molecule has 1 saturated heterocycles. The number of fused-ring (bicyclic) bond motifs is 1. The van der Waals surface area contributed by atoms with Crippen molar-refractivity contribution in [3.63, 3.8) is 0 Å². The van der Waals surface area contributed by atoms with Crippen LogP contribution in [0, 0.1) is 0 Å². The van der Waals surface area contributed by atoms with Crippen molar-refractivity contribution in [3.05, 3.63) is 65.2 Å². The Kier molecular flexibility index (Phi) is 8.57. The number of aliphatic hydroxyl groups excluding tert-OH is 1. The minimum Gasteiger partial charge on any atom is -0.462 e. The van der Waals surface area contributed by atoms with Crippen LogP contribution in [0.1, 0.15) is 27.0 Å². The zero-order chi connectivity index (χ0) is 29.2. The molecule has 0 saturated carbocycles. The third-order valence-electron chi connectivity index (χ3n) is 5.92. The molecule has 0 spiro atoms. The summed E-state index contributed by atoms with van der Waals surface area (Å²) in [5.74, 6) is -4.79. The van der Waals surface area contributed by atoms with Crippen LogP contribution in [0.15, 0.2) is 59.5 Å². The molecular weight excluding hydrogens is 553 g/mol. The Balaban J connectivity index is 1.59. The molecule has 2 heterocycles. The molecule has 0 aliphatic carbocycles. The van der Waals surface area contributed by atoms with Crippen molar-refractivity contribution < 1.29 is 41.8 Å². The van der Waals surface area contributed by atoms with Crippen molar-refractivity contribution in [3.8, 4) is 5.75 Å². The average Bonchev–Trinajstić information content (AvgIpc) is 3.11. The van der Waals surface area contributed by atoms with Crippen molar-refractivity contribution in [2.75, 3.05) is 12.3 Å². The molecule has 40 heavy (non-hydrogen) atoms. The summed E-state index contributed by atoms with van der Waals surface area (Å²) in [5, 5.41) is 14.1. The Morgan fingerprint density at radius 1 is 1.23 bits per heavy atom. The number of nitrogens with two attached hydrogens (primary N) is 1. The van der Waals surface area contributed by atoms with Gasteiger partial charge in [-0.3, -0.25) is 13.9 Å². The number of aromatic nitrogens is 2. The van der Waals surface area contributed by atoms with Gasteiger partial charge in [0.15, 0.2) is 6.10 Å². The summed E-state index contributed by atoms with van der Waals surface area (Å²) in [6, 6.07) is 11.9. The minimum absolute atomic E-state index is 0.119. The van der Waals surface area contributed by atoms with E-state index in [9.17, 15) is 28.0 Å². The Morgan fingerprint density at radius 2 is 1.93 bits per heavy atom.